The van der Waals surface area contributed by atoms with E-state index < -0.39 is 16.5 Å². The van der Waals surface area contributed by atoms with Crippen LogP contribution in [0.2, 0.25) is 0 Å². The summed E-state index contributed by atoms with van der Waals surface area (Å²) in [5.41, 5.74) is 0. The maximum absolute atomic E-state index is 11.9. The number of hydrogen-bond donors (Lipinski definition) is 1. The zero-order valence-electron chi connectivity index (χ0n) is 12.7. The molecule has 0 rings (SSSR count). The highest BCUT2D eigenvalue weighted by Crippen LogP contribution is 2.12. The minimum Gasteiger partial charge on any atom is -0.344 e. The van der Waals surface area contributed by atoms with Gasteiger partial charge in [-0.25, -0.2) is 8.78 Å². The minimum atomic E-state index is -3.40. The standard InChI is InChI=1S/C14H26F2O3S.H3N/c1-2-12-19-20(17,18)13-10-8-6-4-3-5-7-9-11-14(15)16;/h2,14H,1,3-13H2;1H3. The van der Waals surface area contributed by atoms with Gasteiger partial charge in [-0.1, -0.05) is 44.6 Å². The third-order valence-corrected chi connectivity index (χ3v) is 4.22. The molecule has 0 amide bonds. The van der Waals surface area contributed by atoms with Crippen LogP contribution < -0.4 is 6.15 Å². The van der Waals surface area contributed by atoms with Gasteiger partial charge in [0.2, 0.25) is 6.43 Å². The zero-order valence-corrected chi connectivity index (χ0v) is 13.6. The first-order valence-corrected chi connectivity index (χ1v) is 8.82. The molecule has 0 bridgehead atoms. The highest BCUT2D eigenvalue weighted by Gasteiger charge is 2.09. The molecule has 128 valence electrons. The normalized spacial score (nSPS) is 11.4. The van der Waals surface area contributed by atoms with Crippen molar-refractivity contribution in [2.45, 2.75) is 64.2 Å². The minimum absolute atomic E-state index is 0. The molecule has 0 aliphatic heterocycles. The lowest BCUT2D eigenvalue weighted by atomic mass is 10.1. The maximum atomic E-state index is 11.9. The van der Waals surface area contributed by atoms with Crippen LogP contribution in [0.5, 0.6) is 0 Å². The Morgan fingerprint density at radius 3 is 1.90 bits per heavy atom. The van der Waals surface area contributed by atoms with E-state index >= 15 is 0 Å². The average Bonchev–Trinajstić information content (AvgIpc) is 2.38. The van der Waals surface area contributed by atoms with Crippen LogP contribution in [0, 0.1) is 0 Å². The van der Waals surface area contributed by atoms with Crippen molar-refractivity contribution in [3.8, 4) is 0 Å². The molecule has 7 heteroatoms. The van der Waals surface area contributed by atoms with Crippen LogP contribution in [0.15, 0.2) is 12.7 Å². The fourth-order valence-electron chi connectivity index (χ4n) is 1.85. The third-order valence-electron chi connectivity index (χ3n) is 2.93. The second-order valence-electron chi connectivity index (χ2n) is 4.84. The van der Waals surface area contributed by atoms with E-state index in [1.807, 2.05) is 0 Å². The zero-order chi connectivity index (χ0) is 15.3. The first kappa shape index (κ1) is 22.7. The fraction of sp³-hybridized carbons (Fsp3) is 0.857. The molecule has 0 unspecified atom stereocenters. The number of hydrogen-bond acceptors (Lipinski definition) is 4. The van der Waals surface area contributed by atoms with Gasteiger partial charge in [-0.3, -0.25) is 4.18 Å². The van der Waals surface area contributed by atoms with Gasteiger partial charge in [0.1, 0.15) is 0 Å². The van der Waals surface area contributed by atoms with E-state index in [0.29, 0.717) is 12.8 Å². The van der Waals surface area contributed by atoms with Gasteiger partial charge in [0.05, 0.1) is 12.4 Å². The molecule has 0 atom stereocenters. The van der Waals surface area contributed by atoms with E-state index in [0.717, 1.165) is 38.5 Å². The second-order valence-corrected chi connectivity index (χ2v) is 6.60. The first-order chi connectivity index (χ1) is 9.48. The van der Waals surface area contributed by atoms with Crippen LogP contribution >= 0.6 is 0 Å². The number of alkyl halides is 2. The summed E-state index contributed by atoms with van der Waals surface area (Å²) >= 11 is 0. The lowest BCUT2D eigenvalue weighted by molar-refractivity contribution is 0.133. The number of unbranched alkanes of at least 4 members (excludes halogenated alkanes) is 7. The molecule has 0 fully saturated rings. The Labute approximate surface area is 127 Å². The summed E-state index contributed by atoms with van der Waals surface area (Å²) in [6.07, 6.45) is 6.15. The molecular formula is C14H29F2NO3S. The van der Waals surface area contributed by atoms with E-state index in [1.54, 1.807) is 0 Å². The molecule has 0 aliphatic carbocycles. The van der Waals surface area contributed by atoms with Crippen LogP contribution in [0.25, 0.3) is 0 Å². The Balaban J connectivity index is 0. The van der Waals surface area contributed by atoms with Crippen LogP contribution in [0.1, 0.15) is 57.8 Å². The lowest BCUT2D eigenvalue weighted by Gasteiger charge is -2.04. The summed E-state index contributed by atoms with van der Waals surface area (Å²) in [5, 5.41) is 0. The largest absolute Gasteiger partial charge is 0.344 e. The maximum Gasteiger partial charge on any atom is 0.267 e. The smallest absolute Gasteiger partial charge is 0.267 e. The molecule has 0 aromatic rings. The van der Waals surface area contributed by atoms with Crippen molar-refractivity contribution in [1.82, 2.24) is 6.15 Å². The highest BCUT2D eigenvalue weighted by atomic mass is 32.2. The van der Waals surface area contributed by atoms with Crippen molar-refractivity contribution in [1.29, 1.82) is 0 Å². The van der Waals surface area contributed by atoms with Crippen LogP contribution in [-0.2, 0) is 14.3 Å². The first-order valence-electron chi connectivity index (χ1n) is 7.24. The third kappa shape index (κ3) is 17.4. The van der Waals surface area contributed by atoms with Crippen LogP contribution in [0.3, 0.4) is 0 Å². The Morgan fingerprint density at radius 2 is 1.43 bits per heavy atom. The molecule has 0 radical (unpaired) electrons. The van der Waals surface area contributed by atoms with E-state index in [1.165, 1.54) is 6.08 Å². The molecule has 21 heavy (non-hydrogen) atoms. The summed E-state index contributed by atoms with van der Waals surface area (Å²) in [4.78, 5) is 0. The molecular weight excluding hydrogens is 300 g/mol. The quantitative estimate of drug-likeness (QED) is 0.290. The van der Waals surface area contributed by atoms with E-state index in [9.17, 15) is 17.2 Å². The molecule has 4 nitrogen and oxygen atoms in total. The molecule has 3 N–H and O–H groups in total. The molecule has 0 aromatic heterocycles. The topological polar surface area (TPSA) is 78.4 Å². The Bertz CT molecular complexity index is 335. The Hall–Kier alpha value is -0.530. The van der Waals surface area contributed by atoms with Gasteiger partial charge in [-0.05, 0) is 12.8 Å². The summed E-state index contributed by atoms with van der Waals surface area (Å²) in [7, 11) is -3.40. The predicted molar refractivity (Wildman–Crippen MR) is 82.5 cm³/mol. The molecule has 0 saturated carbocycles. The molecule has 0 aliphatic rings. The summed E-state index contributed by atoms with van der Waals surface area (Å²) < 4.78 is 51.0. The van der Waals surface area contributed by atoms with Crippen molar-refractivity contribution in [2.75, 3.05) is 12.4 Å². The molecule has 0 heterocycles. The fourth-order valence-corrected chi connectivity index (χ4v) is 2.83. The van der Waals surface area contributed by atoms with Crippen molar-refractivity contribution in [3.63, 3.8) is 0 Å². The van der Waals surface area contributed by atoms with E-state index in [-0.39, 0.29) is 24.9 Å². The summed E-state index contributed by atoms with van der Waals surface area (Å²) in [6, 6.07) is 0. The van der Waals surface area contributed by atoms with Gasteiger partial charge >= 0.3 is 0 Å². The number of rotatable bonds is 14. The highest BCUT2D eigenvalue weighted by molar-refractivity contribution is 7.86. The van der Waals surface area contributed by atoms with Crippen LogP contribution in [0.4, 0.5) is 8.78 Å². The van der Waals surface area contributed by atoms with Gasteiger partial charge in [0.15, 0.2) is 0 Å². The lowest BCUT2D eigenvalue weighted by Crippen LogP contribution is -2.10. The van der Waals surface area contributed by atoms with Crippen molar-refractivity contribution in [2.24, 2.45) is 0 Å². The van der Waals surface area contributed by atoms with Crippen molar-refractivity contribution < 1.29 is 21.4 Å². The van der Waals surface area contributed by atoms with Crippen molar-refractivity contribution >= 4 is 10.1 Å². The SMILES string of the molecule is C=CCOS(=O)(=O)CCCCCCCCCCC(F)F.N. The Kier molecular flexibility index (Phi) is 15.6. The molecule has 0 aromatic carbocycles. The predicted octanol–water partition coefficient (Wildman–Crippen LogP) is 4.46. The number of halogens is 2. The van der Waals surface area contributed by atoms with E-state index in [2.05, 4.69) is 10.8 Å². The molecule has 0 spiro atoms. The van der Waals surface area contributed by atoms with Gasteiger partial charge in [-0.2, -0.15) is 8.42 Å². The van der Waals surface area contributed by atoms with Gasteiger partial charge in [-0.15, -0.1) is 6.58 Å². The van der Waals surface area contributed by atoms with Gasteiger partial charge in [0.25, 0.3) is 10.1 Å². The van der Waals surface area contributed by atoms with Crippen LogP contribution in [-0.4, -0.2) is 27.2 Å². The van der Waals surface area contributed by atoms with E-state index in [4.69, 9.17) is 0 Å². The monoisotopic (exact) mass is 329 g/mol. The summed E-state index contributed by atoms with van der Waals surface area (Å²) in [6.45, 7) is 3.42. The average molecular weight is 329 g/mol. The van der Waals surface area contributed by atoms with Crippen molar-refractivity contribution in [3.05, 3.63) is 12.7 Å². The Morgan fingerprint density at radius 1 is 0.952 bits per heavy atom. The van der Waals surface area contributed by atoms with Gasteiger partial charge in [0, 0.05) is 6.42 Å². The summed E-state index contributed by atoms with van der Waals surface area (Å²) in [5.74, 6) is 0.0508. The second kappa shape index (κ2) is 14.4. The van der Waals surface area contributed by atoms with Gasteiger partial charge < -0.3 is 6.15 Å². The molecule has 0 saturated heterocycles.